The SMILES string of the molecule is C.CC(C)(C)c1c[nH]c(=O)o1.CC(C)(C)c1cnc(N)[nH]1.CC(C)(C)c1cnc(N)o1.CC(C)(C)c1cnc(N)s1.CC(C)(C)c1cnc(NCCO)[nH]1.CC(C)(C)c1nc(NCCN)n[nH]1.Cc1ncc(C(C)(C)C)[nH]1. The molecule has 0 saturated heterocycles. The van der Waals surface area contributed by atoms with E-state index in [4.69, 9.17) is 36.9 Å². The number of rotatable bonds is 6. The van der Waals surface area contributed by atoms with Crippen molar-refractivity contribution in [1.29, 1.82) is 0 Å². The van der Waals surface area contributed by atoms with Crippen molar-refractivity contribution >= 4 is 40.3 Å². The standard InChI is InChI=1S/C9H17N3O.C8H17N5.C8H14N2.C7H13N3.C7H12N2O.C7H12N2S.C7H11NO2.CH4/c1-9(2,3)7-6-11-8(12-7)10-4-5-13;1-8(2,3)6-11-7(13-12-6)10-5-4-9;1-6-9-5-7(10-6)8(2,3)4;3*1-7(2,3)5-4-9-6(8)10-5;1-7(2,3)5-4-8-6(9)10-5;/h6,13H,4-5H2,1-3H3,(H2,10,11,12);4-5,9H2,1-3H3,(H2,10,11,12,13);5H,1-4H3,(H,9,10);4H,1-3H3,(H3,8,9,10);2*4H,1-3H3,(H2,8,9);4H,1-3H3,(H,8,9);1H4. The van der Waals surface area contributed by atoms with Crippen molar-refractivity contribution in [2.24, 2.45) is 5.73 Å². The van der Waals surface area contributed by atoms with E-state index in [-0.39, 0.29) is 63.7 Å². The molecule has 7 heterocycles. The third-order valence-electron chi connectivity index (χ3n) is 10.1. The zero-order valence-electron chi connectivity index (χ0n) is 49.8. The van der Waals surface area contributed by atoms with E-state index in [1.807, 2.05) is 67.1 Å². The number of H-pyrrole nitrogens is 5. The molecule has 436 valence electrons. The quantitative estimate of drug-likeness (QED) is 0.0736. The van der Waals surface area contributed by atoms with Crippen molar-refractivity contribution in [3.63, 3.8) is 0 Å². The minimum Gasteiger partial charge on any atom is -0.428 e. The number of aliphatic hydroxyl groups is 1. The van der Waals surface area contributed by atoms with Gasteiger partial charge in [-0.15, -0.1) is 16.4 Å². The molecule has 0 radical (unpaired) electrons. The predicted octanol–water partition coefficient (Wildman–Crippen LogP) is 10.4. The van der Waals surface area contributed by atoms with Gasteiger partial charge in [-0.05, 0) is 12.3 Å². The Morgan fingerprint density at radius 2 is 1.13 bits per heavy atom. The number of hydrogen-bond acceptors (Lipinski definition) is 18. The van der Waals surface area contributed by atoms with Crippen molar-refractivity contribution < 1.29 is 13.9 Å². The summed E-state index contributed by atoms with van der Waals surface area (Å²) in [6.45, 7) is 47.9. The number of anilines is 5. The monoisotopic (exact) mass is 1100 g/mol. The Morgan fingerprint density at radius 3 is 1.42 bits per heavy atom. The van der Waals surface area contributed by atoms with Crippen LogP contribution in [0, 0.1) is 6.92 Å². The lowest BCUT2D eigenvalue weighted by Crippen LogP contribution is -2.15. The third kappa shape index (κ3) is 27.9. The molecule has 16 N–H and O–H groups in total. The molecule has 23 heteroatoms. The number of nitrogen functional groups attached to an aromatic ring is 3. The number of nitrogens with one attached hydrogen (secondary N) is 7. The number of nitrogens with two attached hydrogens (primary N) is 4. The number of aromatic nitrogens is 12. The van der Waals surface area contributed by atoms with Crippen LogP contribution in [-0.4, -0.2) is 91.4 Å². The largest absolute Gasteiger partial charge is 0.428 e. The molecule has 7 aromatic heterocycles. The topological polar surface area (TPSA) is 361 Å². The fourth-order valence-corrected chi connectivity index (χ4v) is 6.01. The van der Waals surface area contributed by atoms with E-state index in [1.165, 1.54) is 10.6 Å². The summed E-state index contributed by atoms with van der Waals surface area (Å²) in [4.78, 5) is 47.8. The number of aliphatic hydroxyl groups excluding tert-OH is 1. The summed E-state index contributed by atoms with van der Waals surface area (Å²) in [6, 6.07) is 0.241. The fourth-order valence-electron chi connectivity index (χ4n) is 5.27. The summed E-state index contributed by atoms with van der Waals surface area (Å²) in [5, 5.41) is 22.1. The maximum absolute atomic E-state index is 10.5. The highest BCUT2D eigenvalue weighted by Gasteiger charge is 2.21. The molecule has 77 heavy (non-hydrogen) atoms. The van der Waals surface area contributed by atoms with Gasteiger partial charge in [-0.25, -0.2) is 29.7 Å². The molecule has 0 bridgehead atoms. The Labute approximate surface area is 462 Å². The second-order valence-electron chi connectivity index (χ2n) is 25.0. The molecule has 0 atom stereocenters. The molecule has 0 aromatic carbocycles. The van der Waals surface area contributed by atoms with Gasteiger partial charge in [-0.3, -0.25) is 10.1 Å². The molecule has 0 amide bonds. The van der Waals surface area contributed by atoms with Crippen molar-refractivity contribution in [3.8, 4) is 0 Å². The van der Waals surface area contributed by atoms with Crippen LogP contribution < -0.4 is 39.3 Å². The number of oxazole rings is 2. The van der Waals surface area contributed by atoms with Crippen LogP contribution in [0.25, 0.3) is 0 Å². The first-order valence-corrected chi connectivity index (χ1v) is 26.1. The van der Waals surface area contributed by atoms with Crippen LogP contribution >= 0.6 is 11.3 Å². The van der Waals surface area contributed by atoms with Gasteiger partial charge in [-0.1, -0.05) is 153 Å². The van der Waals surface area contributed by atoms with E-state index >= 15 is 0 Å². The molecule has 0 spiro atoms. The Bertz CT molecular complexity index is 2460. The normalized spacial score (nSPS) is 11.7. The fraction of sp³-hybridized carbons (Fsp3) is 0.630. The van der Waals surface area contributed by atoms with Crippen LogP contribution in [0.4, 0.5) is 29.0 Å². The van der Waals surface area contributed by atoms with E-state index < -0.39 is 0 Å². The number of hydrogen-bond donors (Lipinski definition) is 12. The summed E-state index contributed by atoms with van der Waals surface area (Å²) >= 11 is 1.56. The maximum atomic E-state index is 10.5. The molecule has 7 aromatic rings. The molecule has 7 rings (SSSR count). The average Bonchev–Trinajstić information content (AvgIpc) is 4.11. The van der Waals surface area contributed by atoms with Crippen molar-refractivity contribution in [2.75, 3.05) is 54.1 Å². The second-order valence-corrected chi connectivity index (χ2v) is 26.1. The minimum atomic E-state index is -0.384. The van der Waals surface area contributed by atoms with Crippen LogP contribution in [0.5, 0.6) is 0 Å². The molecule has 22 nitrogen and oxygen atoms in total. The van der Waals surface area contributed by atoms with Gasteiger partial charge in [0.2, 0.25) is 5.95 Å². The Balaban J connectivity index is 0.000000876. The van der Waals surface area contributed by atoms with Gasteiger partial charge in [0.1, 0.15) is 23.2 Å². The van der Waals surface area contributed by atoms with E-state index in [0.29, 0.717) is 42.4 Å². The average molecular weight is 1100 g/mol. The lowest BCUT2D eigenvalue weighted by Gasteiger charge is -2.15. The van der Waals surface area contributed by atoms with E-state index in [2.05, 4.69) is 175 Å². The summed E-state index contributed by atoms with van der Waals surface area (Å²) in [7, 11) is 0. The Morgan fingerprint density at radius 1 is 0.597 bits per heavy atom. The van der Waals surface area contributed by atoms with Crippen LogP contribution in [0.15, 0.2) is 50.8 Å². The van der Waals surface area contributed by atoms with Crippen molar-refractivity contribution in [3.05, 3.63) is 92.9 Å². The van der Waals surface area contributed by atoms with E-state index in [9.17, 15) is 4.79 Å². The highest BCUT2D eigenvalue weighted by atomic mass is 32.1. The molecule has 0 aliphatic carbocycles. The van der Waals surface area contributed by atoms with E-state index in [1.54, 1.807) is 29.9 Å². The van der Waals surface area contributed by atoms with Gasteiger partial charge in [0, 0.05) is 92.7 Å². The van der Waals surface area contributed by atoms with Gasteiger partial charge in [-0.2, -0.15) is 4.98 Å². The first-order chi connectivity index (χ1) is 34.6. The van der Waals surface area contributed by atoms with Gasteiger partial charge in [0.15, 0.2) is 17.0 Å². The number of aromatic amines is 5. The smallest absolute Gasteiger partial charge is 0.416 e. The molecular formula is C54H100N18O4S. The summed E-state index contributed by atoms with van der Waals surface area (Å²) in [5.41, 5.74) is 25.4. The Kier molecular flexibility index (Phi) is 27.4. The van der Waals surface area contributed by atoms with Crippen LogP contribution in [0.1, 0.15) is 198 Å². The number of imidazole rings is 3. The maximum Gasteiger partial charge on any atom is 0.416 e. The molecular weight excluding hydrogens is 997 g/mol. The predicted molar refractivity (Wildman–Crippen MR) is 319 cm³/mol. The minimum absolute atomic E-state index is 0. The number of aryl methyl sites for hydroxylation is 1. The number of thiazole rings is 1. The van der Waals surface area contributed by atoms with E-state index in [0.717, 1.165) is 34.7 Å². The molecule has 0 fully saturated rings. The van der Waals surface area contributed by atoms with Crippen LogP contribution in [0.2, 0.25) is 0 Å². The molecule has 0 aliphatic heterocycles. The van der Waals surface area contributed by atoms with Gasteiger partial charge >= 0.3 is 5.76 Å². The van der Waals surface area contributed by atoms with Crippen molar-refractivity contribution in [1.82, 2.24) is 60.0 Å². The highest BCUT2D eigenvalue weighted by molar-refractivity contribution is 7.15. The van der Waals surface area contributed by atoms with Crippen LogP contribution in [0.3, 0.4) is 0 Å². The summed E-state index contributed by atoms with van der Waals surface area (Å²) in [5.74, 6) is 4.84. The lowest BCUT2D eigenvalue weighted by molar-refractivity contribution is 0.311. The third-order valence-corrected chi connectivity index (χ3v) is 11.4. The molecule has 0 aliphatic rings. The van der Waals surface area contributed by atoms with Crippen LogP contribution in [-0.2, 0) is 37.9 Å². The second kappa shape index (κ2) is 29.9. The molecule has 0 unspecified atom stereocenters. The summed E-state index contributed by atoms with van der Waals surface area (Å²) < 4.78 is 9.95. The first-order valence-electron chi connectivity index (χ1n) is 25.3. The van der Waals surface area contributed by atoms with Gasteiger partial charge in [0.05, 0.1) is 25.2 Å². The van der Waals surface area contributed by atoms with Crippen molar-refractivity contribution in [2.45, 2.75) is 198 Å². The lowest BCUT2D eigenvalue weighted by atomic mass is 9.93. The zero-order chi connectivity index (χ0) is 58.7. The van der Waals surface area contributed by atoms with Gasteiger partial charge < -0.3 is 62.5 Å². The number of nitrogens with zero attached hydrogens (tertiary/aromatic N) is 7. The first kappa shape index (κ1) is 70.5. The zero-order valence-corrected chi connectivity index (χ0v) is 50.6. The van der Waals surface area contributed by atoms with Gasteiger partial charge in [0.25, 0.3) is 6.01 Å². The molecule has 0 saturated carbocycles. The Hall–Kier alpha value is -6.46. The summed E-state index contributed by atoms with van der Waals surface area (Å²) in [6.07, 6.45) is 10.6. The highest BCUT2D eigenvalue weighted by Crippen LogP contribution is 2.29.